The quantitative estimate of drug-likeness (QED) is 0.163. The van der Waals surface area contributed by atoms with Crippen LogP contribution >= 0.6 is 22.6 Å². The van der Waals surface area contributed by atoms with E-state index in [0.29, 0.717) is 12.2 Å². The van der Waals surface area contributed by atoms with Crippen molar-refractivity contribution in [2.24, 2.45) is 0 Å². The first-order valence-electron chi connectivity index (χ1n) is 9.40. The minimum Gasteiger partial charge on any atom is -0.488 e. The predicted octanol–water partition coefficient (Wildman–Crippen LogP) is 7.23. The number of ether oxygens (including phenoxy) is 1. The molecule has 0 spiro atoms. The Morgan fingerprint density at radius 2 is 1.70 bits per heavy atom. The van der Waals surface area contributed by atoms with Crippen LogP contribution in [0.4, 0.5) is 4.39 Å². The van der Waals surface area contributed by atoms with Gasteiger partial charge < -0.3 is 4.74 Å². The number of halogens is 2. The topological polar surface area (TPSA) is 33.0 Å². The van der Waals surface area contributed by atoms with E-state index in [2.05, 4.69) is 34.7 Å². The molecule has 0 unspecified atom stereocenters. The zero-order valence-electron chi connectivity index (χ0n) is 16.0. The summed E-state index contributed by atoms with van der Waals surface area (Å²) in [6, 6.07) is 28.5. The van der Waals surface area contributed by atoms with Crippen LogP contribution in [0.2, 0.25) is 0 Å². The van der Waals surface area contributed by atoms with Crippen LogP contribution in [0.15, 0.2) is 84.9 Å². The summed E-state index contributed by atoms with van der Waals surface area (Å²) in [5.74, 6) is 0.491. The molecule has 0 N–H and O–H groups in total. The Kier molecular flexibility index (Phi) is 6.10. The van der Waals surface area contributed by atoms with Gasteiger partial charge >= 0.3 is 0 Å². The Balaban J connectivity index is 1.55. The molecule has 0 heterocycles. The molecule has 0 saturated heterocycles. The molecule has 0 aliphatic rings. The highest BCUT2D eigenvalue weighted by molar-refractivity contribution is 14.1. The van der Waals surface area contributed by atoms with Gasteiger partial charge in [-0.3, -0.25) is 0 Å². The molecule has 0 bridgehead atoms. The second kappa shape index (κ2) is 9.10. The van der Waals surface area contributed by atoms with Crippen LogP contribution in [0, 0.1) is 20.7 Å². The molecule has 4 aromatic carbocycles. The van der Waals surface area contributed by atoms with Gasteiger partial charge in [-0.05, 0) is 86.5 Å². The number of nitriles is 1. The largest absolute Gasteiger partial charge is 0.488 e. The summed E-state index contributed by atoms with van der Waals surface area (Å²) in [6.07, 6.45) is 1.88. The summed E-state index contributed by atoms with van der Waals surface area (Å²) in [7, 11) is 0. The highest BCUT2D eigenvalue weighted by Crippen LogP contribution is 2.27. The zero-order valence-corrected chi connectivity index (χ0v) is 18.1. The van der Waals surface area contributed by atoms with Crippen LogP contribution in [0.3, 0.4) is 0 Å². The number of hydrogen-bond donors (Lipinski definition) is 0. The summed E-state index contributed by atoms with van der Waals surface area (Å²) in [4.78, 5) is 0. The maximum Gasteiger partial charge on any atom is 0.133 e. The molecule has 4 heteroatoms. The summed E-state index contributed by atoms with van der Waals surface area (Å²) in [5, 5.41) is 12.0. The van der Waals surface area contributed by atoms with E-state index in [9.17, 15) is 9.65 Å². The second-order valence-electron chi connectivity index (χ2n) is 6.84. The maximum absolute atomic E-state index is 13.0. The fourth-order valence-corrected chi connectivity index (χ4v) is 3.86. The molecule has 4 aromatic rings. The lowest BCUT2D eigenvalue weighted by Gasteiger charge is -2.09. The summed E-state index contributed by atoms with van der Waals surface area (Å²) >= 11 is 2.22. The first-order valence-corrected chi connectivity index (χ1v) is 10.5. The van der Waals surface area contributed by atoms with Gasteiger partial charge in [0.25, 0.3) is 0 Å². The Hall–Kier alpha value is -3.17. The SMILES string of the molecule is N#C/C(=C/c1ccc(OCc2ccc(F)cc2)c(I)c1)c1ccc2ccccc2c1. The Morgan fingerprint density at radius 3 is 2.43 bits per heavy atom. The van der Waals surface area contributed by atoms with Crippen molar-refractivity contribution in [2.45, 2.75) is 6.61 Å². The van der Waals surface area contributed by atoms with Gasteiger partial charge in [0.2, 0.25) is 0 Å². The monoisotopic (exact) mass is 505 g/mol. The highest BCUT2D eigenvalue weighted by atomic mass is 127. The molecular formula is C26H17FINO. The molecule has 30 heavy (non-hydrogen) atoms. The third kappa shape index (κ3) is 4.69. The van der Waals surface area contributed by atoms with Gasteiger partial charge in [0.1, 0.15) is 18.2 Å². The van der Waals surface area contributed by atoms with E-state index < -0.39 is 0 Å². The van der Waals surface area contributed by atoms with Gasteiger partial charge in [0.05, 0.1) is 15.2 Å². The molecule has 0 radical (unpaired) electrons. The number of allylic oxidation sites excluding steroid dienone is 1. The minimum absolute atomic E-state index is 0.260. The average Bonchev–Trinajstić information content (AvgIpc) is 2.77. The average molecular weight is 505 g/mol. The van der Waals surface area contributed by atoms with E-state index in [-0.39, 0.29) is 5.82 Å². The zero-order chi connectivity index (χ0) is 20.9. The maximum atomic E-state index is 13.0. The van der Waals surface area contributed by atoms with Crippen LogP contribution < -0.4 is 4.74 Å². The molecule has 4 rings (SSSR count). The Morgan fingerprint density at radius 1 is 0.933 bits per heavy atom. The van der Waals surface area contributed by atoms with Crippen LogP contribution in [0.25, 0.3) is 22.4 Å². The summed E-state index contributed by atoms with van der Waals surface area (Å²) in [6.45, 7) is 0.367. The van der Waals surface area contributed by atoms with E-state index in [4.69, 9.17) is 4.74 Å². The minimum atomic E-state index is -0.260. The standard InChI is InChI=1S/C26H17FINO/c27-24-10-5-18(6-11-24)17-30-26-12-7-19(14-25(26)28)13-23(16-29)22-9-8-20-3-1-2-4-21(20)15-22/h1-15H,17H2/b23-13-. The third-order valence-electron chi connectivity index (χ3n) is 4.76. The molecule has 0 atom stereocenters. The van der Waals surface area contributed by atoms with E-state index in [1.807, 2.05) is 60.7 Å². The smallest absolute Gasteiger partial charge is 0.133 e. The number of fused-ring (bicyclic) bond motifs is 1. The summed E-state index contributed by atoms with van der Waals surface area (Å²) in [5.41, 5.74) is 3.33. The molecule has 146 valence electrons. The third-order valence-corrected chi connectivity index (χ3v) is 5.60. The van der Waals surface area contributed by atoms with Gasteiger partial charge in [-0.15, -0.1) is 0 Å². The highest BCUT2D eigenvalue weighted by Gasteiger charge is 2.06. The first kappa shape index (κ1) is 20.1. The lowest BCUT2D eigenvalue weighted by atomic mass is 10.0. The Labute approximate surface area is 188 Å². The molecule has 0 amide bonds. The van der Waals surface area contributed by atoms with E-state index >= 15 is 0 Å². The van der Waals surface area contributed by atoms with Crippen molar-refractivity contribution in [3.8, 4) is 11.8 Å². The predicted molar refractivity (Wildman–Crippen MR) is 127 cm³/mol. The molecule has 0 aliphatic heterocycles. The number of rotatable bonds is 5. The first-order chi connectivity index (χ1) is 14.6. The Bertz CT molecular complexity index is 1270. The van der Waals surface area contributed by atoms with Gasteiger partial charge in [-0.1, -0.05) is 54.6 Å². The van der Waals surface area contributed by atoms with Crippen molar-refractivity contribution in [2.75, 3.05) is 0 Å². The van der Waals surface area contributed by atoms with Crippen molar-refractivity contribution in [3.05, 3.63) is 111 Å². The number of hydrogen-bond acceptors (Lipinski definition) is 2. The van der Waals surface area contributed by atoms with E-state index in [1.165, 1.54) is 12.1 Å². The van der Waals surface area contributed by atoms with Gasteiger partial charge in [-0.2, -0.15) is 5.26 Å². The number of benzene rings is 4. The molecule has 0 aliphatic carbocycles. The fourth-order valence-electron chi connectivity index (χ4n) is 3.17. The van der Waals surface area contributed by atoms with Gasteiger partial charge in [0, 0.05) is 0 Å². The van der Waals surface area contributed by atoms with Crippen LogP contribution in [-0.2, 0) is 6.61 Å². The van der Waals surface area contributed by atoms with Crippen LogP contribution in [0.1, 0.15) is 16.7 Å². The molecule has 0 aromatic heterocycles. The lowest BCUT2D eigenvalue weighted by molar-refractivity contribution is 0.304. The second-order valence-corrected chi connectivity index (χ2v) is 8.00. The fraction of sp³-hybridized carbons (Fsp3) is 0.0385. The van der Waals surface area contributed by atoms with E-state index in [1.54, 1.807) is 12.1 Å². The number of nitrogens with zero attached hydrogens (tertiary/aromatic N) is 1. The molecular weight excluding hydrogens is 488 g/mol. The van der Waals surface area contributed by atoms with Gasteiger partial charge in [0.15, 0.2) is 0 Å². The lowest BCUT2D eigenvalue weighted by Crippen LogP contribution is -1.97. The van der Waals surface area contributed by atoms with Crippen molar-refractivity contribution < 1.29 is 9.13 Å². The van der Waals surface area contributed by atoms with Crippen LogP contribution in [-0.4, -0.2) is 0 Å². The molecule has 0 saturated carbocycles. The van der Waals surface area contributed by atoms with Crippen LogP contribution in [0.5, 0.6) is 5.75 Å². The molecule has 2 nitrogen and oxygen atoms in total. The normalized spacial score (nSPS) is 11.3. The van der Waals surface area contributed by atoms with Crippen molar-refractivity contribution in [3.63, 3.8) is 0 Å². The van der Waals surface area contributed by atoms with Crippen molar-refractivity contribution >= 4 is 45.0 Å². The van der Waals surface area contributed by atoms with E-state index in [0.717, 1.165) is 36.8 Å². The van der Waals surface area contributed by atoms with Crippen molar-refractivity contribution in [1.29, 1.82) is 5.26 Å². The van der Waals surface area contributed by atoms with Crippen molar-refractivity contribution in [1.82, 2.24) is 0 Å². The molecule has 0 fully saturated rings. The van der Waals surface area contributed by atoms with Gasteiger partial charge in [-0.25, -0.2) is 4.39 Å². The summed E-state index contributed by atoms with van der Waals surface area (Å²) < 4.78 is 19.8.